The molecule has 0 amide bonds. The Morgan fingerprint density at radius 3 is 3.14 bits per heavy atom. The van der Waals surface area contributed by atoms with Crippen molar-refractivity contribution in [2.75, 3.05) is 11.9 Å². The summed E-state index contributed by atoms with van der Waals surface area (Å²) in [5.41, 5.74) is 2.04. The van der Waals surface area contributed by atoms with Crippen molar-refractivity contribution in [2.24, 2.45) is 0 Å². The van der Waals surface area contributed by atoms with E-state index in [1.54, 1.807) is 6.20 Å². The number of carbonyl (C=O) groups excluding carboxylic acids is 1. The molecule has 5 heteroatoms. The number of hydrogen-bond acceptors (Lipinski definition) is 4. The van der Waals surface area contributed by atoms with Gasteiger partial charge in [-0.15, -0.1) is 0 Å². The molecule has 0 saturated heterocycles. The summed E-state index contributed by atoms with van der Waals surface area (Å²) in [6, 6.07) is 0. The summed E-state index contributed by atoms with van der Waals surface area (Å²) >= 11 is 0. The van der Waals surface area contributed by atoms with Crippen molar-refractivity contribution in [3.05, 3.63) is 18.0 Å². The molecule has 0 unspecified atom stereocenters. The third-order valence-corrected chi connectivity index (χ3v) is 1.99. The lowest BCUT2D eigenvalue weighted by molar-refractivity contribution is 0.112. The summed E-state index contributed by atoms with van der Waals surface area (Å²) in [4.78, 5) is 14.8. The minimum absolute atomic E-state index is 0.556. The number of hydrogen-bond donors (Lipinski definition) is 2. The van der Waals surface area contributed by atoms with Gasteiger partial charge in [0.1, 0.15) is 0 Å². The average molecular weight is 190 g/mol. The zero-order valence-electron chi connectivity index (χ0n) is 7.74. The average Bonchev–Trinajstić information content (AvgIpc) is 2.67. The molecule has 0 radical (unpaired) electrons. The first-order valence-corrected chi connectivity index (χ1v) is 4.38. The van der Waals surface area contributed by atoms with Gasteiger partial charge in [0.2, 0.25) is 0 Å². The predicted octanol–water partition coefficient (Wildman–Crippen LogP) is 1.20. The van der Waals surface area contributed by atoms with Gasteiger partial charge >= 0.3 is 0 Å². The number of carbonyl (C=O) groups is 1. The third kappa shape index (κ3) is 1.22. The maximum atomic E-state index is 10.8. The number of rotatable bonds is 3. The van der Waals surface area contributed by atoms with Crippen molar-refractivity contribution < 1.29 is 4.79 Å². The van der Waals surface area contributed by atoms with Gasteiger partial charge in [-0.05, 0) is 6.92 Å². The zero-order chi connectivity index (χ0) is 9.97. The summed E-state index contributed by atoms with van der Waals surface area (Å²) in [7, 11) is 0. The summed E-state index contributed by atoms with van der Waals surface area (Å²) in [6.45, 7) is 2.73. The van der Waals surface area contributed by atoms with E-state index in [-0.39, 0.29) is 0 Å². The largest absolute Gasteiger partial charge is 0.384 e. The van der Waals surface area contributed by atoms with Gasteiger partial charge in [-0.25, -0.2) is 4.98 Å². The van der Waals surface area contributed by atoms with Crippen LogP contribution in [0.5, 0.6) is 0 Å². The molecular formula is C9H10N4O. The second kappa shape index (κ2) is 3.45. The standard InChI is InChI=1S/C9H10N4O/c1-2-10-8-6(5-14)3-11-9-7(8)4-12-13-9/h3-5H,2H2,1H3,(H2,10,11,12,13). The SMILES string of the molecule is CCNc1c(C=O)cnc2[nH]ncc12. The summed E-state index contributed by atoms with van der Waals surface area (Å²) < 4.78 is 0. The van der Waals surface area contributed by atoms with E-state index in [2.05, 4.69) is 20.5 Å². The topological polar surface area (TPSA) is 70.7 Å². The lowest BCUT2D eigenvalue weighted by Crippen LogP contribution is -2.01. The molecule has 2 aromatic heterocycles. The molecule has 0 aliphatic heterocycles. The fraction of sp³-hybridized carbons (Fsp3) is 0.222. The van der Waals surface area contributed by atoms with Crippen LogP contribution < -0.4 is 5.32 Å². The number of aromatic amines is 1. The van der Waals surface area contributed by atoms with Crippen LogP contribution in [0.15, 0.2) is 12.4 Å². The maximum absolute atomic E-state index is 10.8. The Balaban J connectivity index is 2.68. The van der Waals surface area contributed by atoms with Crippen LogP contribution in [0.1, 0.15) is 17.3 Å². The predicted molar refractivity (Wildman–Crippen MR) is 53.4 cm³/mol. The number of nitrogens with zero attached hydrogens (tertiary/aromatic N) is 2. The summed E-state index contributed by atoms with van der Waals surface area (Å²) in [5.74, 6) is 0. The van der Waals surface area contributed by atoms with E-state index in [1.165, 1.54) is 6.20 Å². The van der Waals surface area contributed by atoms with Gasteiger partial charge in [-0.3, -0.25) is 9.89 Å². The van der Waals surface area contributed by atoms with Gasteiger partial charge in [0, 0.05) is 12.7 Å². The van der Waals surface area contributed by atoms with E-state index >= 15 is 0 Å². The van der Waals surface area contributed by atoms with Crippen LogP contribution in [-0.2, 0) is 0 Å². The second-order valence-corrected chi connectivity index (χ2v) is 2.87. The molecule has 0 atom stereocenters. The molecule has 14 heavy (non-hydrogen) atoms. The Kier molecular flexibility index (Phi) is 2.14. The molecule has 0 aliphatic carbocycles. The highest BCUT2D eigenvalue weighted by atomic mass is 16.1. The van der Waals surface area contributed by atoms with Crippen molar-refractivity contribution in [1.82, 2.24) is 15.2 Å². The van der Waals surface area contributed by atoms with E-state index in [0.717, 1.165) is 23.9 Å². The number of aldehydes is 1. The van der Waals surface area contributed by atoms with E-state index < -0.39 is 0 Å². The number of fused-ring (bicyclic) bond motifs is 1. The molecule has 2 rings (SSSR count). The second-order valence-electron chi connectivity index (χ2n) is 2.87. The van der Waals surface area contributed by atoms with Crippen molar-refractivity contribution in [3.8, 4) is 0 Å². The van der Waals surface area contributed by atoms with E-state index in [0.29, 0.717) is 11.2 Å². The Morgan fingerprint density at radius 1 is 1.57 bits per heavy atom. The monoisotopic (exact) mass is 190 g/mol. The molecule has 2 heterocycles. The van der Waals surface area contributed by atoms with Crippen LogP contribution in [0.3, 0.4) is 0 Å². The molecular weight excluding hydrogens is 180 g/mol. The van der Waals surface area contributed by atoms with Crippen molar-refractivity contribution in [3.63, 3.8) is 0 Å². The van der Waals surface area contributed by atoms with Crippen LogP contribution in [-0.4, -0.2) is 28.0 Å². The molecule has 0 spiro atoms. The number of aromatic nitrogens is 3. The number of H-pyrrole nitrogens is 1. The van der Waals surface area contributed by atoms with Crippen LogP contribution in [0.2, 0.25) is 0 Å². The lowest BCUT2D eigenvalue weighted by Gasteiger charge is -2.06. The van der Waals surface area contributed by atoms with E-state index in [4.69, 9.17) is 0 Å². The Bertz CT molecular complexity index is 463. The highest BCUT2D eigenvalue weighted by molar-refractivity contribution is 5.98. The third-order valence-electron chi connectivity index (χ3n) is 1.99. The number of anilines is 1. The van der Waals surface area contributed by atoms with Crippen molar-refractivity contribution in [1.29, 1.82) is 0 Å². The first-order chi connectivity index (χ1) is 6.86. The van der Waals surface area contributed by atoms with Crippen LogP contribution in [0.4, 0.5) is 5.69 Å². The fourth-order valence-electron chi connectivity index (χ4n) is 1.38. The van der Waals surface area contributed by atoms with Gasteiger partial charge in [-0.1, -0.05) is 0 Å². The smallest absolute Gasteiger partial charge is 0.157 e. The minimum Gasteiger partial charge on any atom is -0.384 e. The number of nitrogens with one attached hydrogen (secondary N) is 2. The molecule has 5 nitrogen and oxygen atoms in total. The molecule has 0 bridgehead atoms. The summed E-state index contributed by atoms with van der Waals surface area (Å²) in [5, 5.41) is 10.6. The Hall–Kier alpha value is -1.91. The van der Waals surface area contributed by atoms with Crippen molar-refractivity contribution in [2.45, 2.75) is 6.92 Å². The normalized spacial score (nSPS) is 10.4. The highest BCUT2D eigenvalue weighted by Gasteiger charge is 2.08. The fourth-order valence-corrected chi connectivity index (χ4v) is 1.38. The van der Waals surface area contributed by atoms with Gasteiger partial charge in [0.05, 0.1) is 22.8 Å². The van der Waals surface area contributed by atoms with Crippen LogP contribution in [0.25, 0.3) is 11.0 Å². The van der Waals surface area contributed by atoms with Crippen molar-refractivity contribution >= 4 is 23.0 Å². The molecule has 0 aromatic carbocycles. The molecule has 2 N–H and O–H groups in total. The summed E-state index contributed by atoms with van der Waals surface area (Å²) in [6.07, 6.45) is 3.98. The highest BCUT2D eigenvalue weighted by Crippen LogP contribution is 2.22. The lowest BCUT2D eigenvalue weighted by atomic mass is 10.2. The van der Waals surface area contributed by atoms with E-state index in [1.807, 2.05) is 6.92 Å². The van der Waals surface area contributed by atoms with Gasteiger partial charge in [-0.2, -0.15) is 5.10 Å². The molecule has 0 fully saturated rings. The van der Waals surface area contributed by atoms with Crippen LogP contribution >= 0.6 is 0 Å². The molecule has 0 aliphatic rings. The van der Waals surface area contributed by atoms with Gasteiger partial charge in [0.15, 0.2) is 11.9 Å². The first-order valence-electron chi connectivity index (χ1n) is 4.38. The maximum Gasteiger partial charge on any atom is 0.157 e. The first kappa shape index (κ1) is 8.68. The number of pyridine rings is 1. The Morgan fingerprint density at radius 2 is 2.43 bits per heavy atom. The molecule has 2 aromatic rings. The zero-order valence-corrected chi connectivity index (χ0v) is 7.74. The Labute approximate surface area is 80.5 Å². The van der Waals surface area contributed by atoms with Gasteiger partial charge in [0.25, 0.3) is 0 Å². The minimum atomic E-state index is 0.556. The molecule has 0 saturated carbocycles. The van der Waals surface area contributed by atoms with Crippen LogP contribution in [0, 0.1) is 0 Å². The van der Waals surface area contributed by atoms with Gasteiger partial charge < -0.3 is 5.32 Å². The quantitative estimate of drug-likeness (QED) is 0.713. The van der Waals surface area contributed by atoms with E-state index in [9.17, 15) is 4.79 Å². The molecule has 72 valence electrons.